The molecule has 1 aromatic carbocycles. The van der Waals surface area contributed by atoms with Crippen molar-refractivity contribution in [3.05, 3.63) is 40.3 Å². The lowest BCUT2D eigenvalue weighted by Gasteiger charge is -2.13. The van der Waals surface area contributed by atoms with Gasteiger partial charge in [-0.25, -0.2) is 8.42 Å². The molecule has 15 heavy (non-hydrogen) atoms. The van der Waals surface area contributed by atoms with E-state index >= 15 is 0 Å². The van der Waals surface area contributed by atoms with E-state index in [1.54, 1.807) is 0 Å². The van der Waals surface area contributed by atoms with Crippen molar-refractivity contribution in [2.75, 3.05) is 0 Å². The van der Waals surface area contributed by atoms with Crippen LogP contribution in [-0.4, -0.2) is 8.42 Å². The molecule has 1 rings (SSSR count). The first-order chi connectivity index (χ1) is 6.81. The normalized spacial score (nSPS) is 11.5. The number of hydrogen-bond donors (Lipinski definition) is 0. The predicted molar refractivity (Wildman–Crippen MR) is 62.8 cm³/mol. The van der Waals surface area contributed by atoms with Gasteiger partial charge in [0.15, 0.2) is 9.84 Å². The third-order valence-electron chi connectivity index (χ3n) is 2.80. The van der Waals surface area contributed by atoms with E-state index in [-0.39, 0.29) is 0 Å². The second-order valence-corrected chi connectivity index (χ2v) is 5.63. The number of benzene rings is 1. The zero-order valence-corrected chi connectivity index (χ0v) is 10.4. The molecule has 0 amide bonds. The van der Waals surface area contributed by atoms with Gasteiger partial charge in [-0.05, 0) is 49.9 Å². The fraction of sp³-hybridized carbons (Fsp3) is 0.333. The second-order valence-electron chi connectivity index (χ2n) is 3.80. The van der Waals surface area contributed by atoms with Crippen LogP contribution in [0.3, 0.4) is 0 Å². The van der Waals surface area contributed by atoms with Crippen molar-refractivity contribution < 1.29 is 8.42 Å². The largest absolute Gasteiger partial charge is 0.219 e. The maximum atomic E-state index is 11.8. The van der Waals surface area contributed by atoms with Crippen LogP contribution in [0.4, 0.5) is 0 Å². The average molecular weight is 224 g/mol. The van der Waals surface area contributed by atoms with Crippen LogP contribution in [0, 0.1) is 27.7 Å². The zero-order valence-electron chi connectivity index (χ0n) is 9.59. The van der Waals surface area contributed by atoms with Crippen LogP contribution in [-0.2, 0) is 9.84 Å². The first kappa shape index (κ1) is 12.0. The second kappa shape index (κ2) is 3.81. The van der Waals surface area contributed by atoms with Crippen molar-refractivity contribution in [1.29, 1.82) is 0 Å². The Morgan fingerprint density at radius 1 is 1.07 bits per heavy atom. The summed E-state index contributed by atoms with van der Waals surface area (Å²) in [6, 6.07) is 2.01. The van der Waals surface area contributed by atoms with Gasteiger partial charge in [-0.15, -0.1) is 0 Å². The molecule has 0 fully saturated rings. The lowest BCUT2D eigenvalue weighted by Crippen LogP contribution is -2.05. The summed E-state index contributed by atoms with van der Waals surface area (Å²) in [6.07, 6.45) is 0. The molecule has 0 unspecified atom stereocenters. The van der Waals surface area contributed by atoms with Gasteiger partial charge in [-0.3, -0.25) is 0 Å². The highest BCUT2D eigenvalue weighted by molar-refractivity contribution is 7.94. The molecule has 0 saturated heterocycles. The average Bonchev–Trinajstić information content (AvgIpc) is 2.15. The van der Waals surface area contributed by atoms with Crippen LogP contribution in [0.2, 0.25) is 0 Å². The fourth-order valence-electron chi connectivity index (χ4n) is 1.69. The van der Waals surface area contributed by atoms with E-state index in [0.717, 1.165) is 27.7 Å². The molecular formula is C12H16O2S. The van der Waals surface area contributed by atoms with Crippen molar-refractivity contribution in [2.24, 2.45) is 0 Å². The molecule has 0 aromatic heterocycles. The predicted octanol–water partition coefficient (Wildman–Crippen LogP) is 2.84. The van der Waals surface area contributed by atoms with E-state index in [2.05, 4.69) is 6.58 Å². The van der Waals surface area contributed by atoms with Crippen LogP contribution in [0.5, 0.6) is 0 Å². The fourth-order valence-corrected chi connectivity index (χ4v) is 3.03. The Labute approximate surface area is 91.6 Å². The third-order valence-corrected chi connectivity index (χ3v) is 4.42. The summed E-state index contributed by atoms with van der Waals surface area (Å²) in [5.41, 5.74) is 3.63. The van der Waals surface area contributed by atoms with Crippen LogP contribution in [0.25, 0.3) is 0 Å². The van der Waals surface area contributed by atoms with Crippen molar-refractivity contribution in [3.63, 3.8) is 0 Å². The molecule has 2 nitrogen and oxygen atoms in total. The molecular weight excluding hydrogens is 208 g/mol. The van der Waals surface area contributed by atoms with Gasteiger partial charge in [-0.2, -0.15) is 0 Å². The van der Waals surface area contributed by atoms with Crippen LogP contribution < -0.4 is 0 Å². The van der Waals surface area contributed by atoms with E-state index < -0.39 is 9.84 Å². The lowest BCUT2D eigenvalue weighted by atomic mass is 10.0. The maximum absolute atomic E-state index is 11.8. The minimum Gasteiger partial charge on any atom is -0.219 e. The molecule has 0 radical (unpaired) electrons. The standard InChI is InChI=1S/C12H16O2S/c1-6-15(13,14)12-10(4)8(2)7-9(3)11(12)5/h6-7H,1H2,2-5H3. The highest BCUT2D eigenvalue weighted by atomic mass is 32.2. The molecule has 1 aromatic rings. The molecule has 82 valence electrons. The highest BCUT2D eigenvalue weighted by Crippen LogP contribution is 2.27. The molecule has 0 atom stereocenters. The van der Waals surface area contributed by atoms with E-state index in [1.165, 1.54) is 0 Å². The molecule has 0 aliphatic rings. The first-order valence-electron chi connectivity index (χ1n) is 4.76. The molecule has 3 heteroatoms. The van der Waals surface area contributed by atoms with E-state index in [4.69, 9.17) is 0 Å². The molecule has 0 aliphatic carbocycles. The lowest BCUT2D eigenvalue weighted by molar-refractivity contribution is 0.603. The molecule has 0 heterocycles. The van der Waals surface area contributed by atoms with Crippen LogP contribution in [0.15, 0.2) is 22.9 Å². The van der Waals surface area contributed by atoms with Gasteiger partial charge in [0.2, 0.25) is 0 Å². The Hall–Kier alpha value is -1.09. The summed E-state index contributed by atoms with van der Waals surface area (Å²) in [6.45, 7) is 10.9. The monoisotopic (exact) mass is 224 g/mol. The molecule has 0 N–H and O–H groups in total. The summed E-state index contributed by atoms with van der Waals surface area (Å²) in [5, 5.41) is 1.02. The van der Waals surface area contributed by atoms with E-state index in [1.807, 2.05) is 33.8 Å². The maximum Gasteiger partial charge on any atom is 0.199 e. The van der Waals surface area contributed by atoms with Gasteiger partial charge < -0.3 is 0 Å². The van der Waals surface area contributed by atoms with Gasteiger partial charge in [0.1, 0.15) is 0 Å². The number of aryl methyl sites for hydroxylation is 2. The molecule has 0 bridgehead atoms. The van der Waals surface area contributed by atoms with Crippen LogP contribution in [0.1, 0.15) is 22.3 Å². The van der Waals surface area contributed by atoms with Gasteiger partial charge in [0.25, 0.3) is 0 Å². The van der Waals surface area contributed by atoms with Crippen molar-refractivity contribution in [2.45, 2.75) is 32.6 Å². The van der Waals surface area contributed by atoms with Gasteiger partial charge in [0, 0.05) is 5.41 Å². The van der Waals surface area contributed by atoms with E-state index in [0.29, 0.717) is 4.90 Å². The number of hydrogen-bond acceptors (Lipinski definition) is 2. The smallest absolute Gasteiger partial charge is 0.199 e. The SMILES string of the molecule is C=CS(=O)(=O)c1c(C)c(C)cc(C)c1C. The van der Waals surface area contributed by atoms with Gasteiger partial charge >= 0.3 is 0 Å². The van der Waals surface area contributed by atoms with Crippen molar-refractivity contribution >= 4 is 9.84 Å². The van der Waals surface area contributed by atoms with Gasteiger partial charge in [0.05, 0.1) is 4.90 Å². The van der Waals surface area contributed by atoms with Crippen molar-refractivity contribution in [1.82, 2.24) is 0 Å². The minimum atomic E-state index is -3.34. The zero-order chi connectivity index (χ0) is 11.8. The van der Waals surface area contributed by atoms with E-state index in [9.17, 15) is 8.42 Å². The first-order valence-corrected chi connectivity index (χ1v) is 6.31. The highest BCUT2D eigenvalue weighted by Gasteiger charge is 2.18. The summed E-state index contributed by atoms with van der Waals surface area (Å²) >= 11 is 0. The number of rotatable bonds is 2. The third kappa shape index (κ3) is 1.97. The van der Waals surface area contributed by atoms with Gasteiger partial charge in [-0.1, -0.05) is 12.6 Å². The summed E-state index contributed by atoms with van der Waals surface area (Å²) < 4.78 is 23.7. The summed E-state index contributed by atoms with van der Waals surface area (Å²) in [4.78, 5) is 0.412. The van der Waals surface area contributed by atoms with Crippen LogP contribution >= 0.6 is 0 Å². The Morgan fingerprint density at radius 2 is 1.47 bits per heavy atom. The Morgan fingerprint density at radius 3 is 1.80 bits per heavy atom. The Balaban J connectivity index is 3.76. The molecule has 0 aliphatic heterocycles. The Bertz CT molecular complexity index is 485. The Kier molecular flexibility index (Phi) is 3.05. The minimum absolute atomic E-state index is 0.412. The quantitative estimate of drug-likeness (QED) is 0.774. The molecule has 0 saturated carbocycles. The molecule has 0 spiro atoms. The summed E-state index contributed by atoms with van der Waals surface area (Å²) in [7, 11) is -3.34. The van der Waals surface area contributed by atoms with Crippen molar-refractivity contribution in [3.8, 4) is 0 Å². The number of sulfone groups is 1. The summed E-state index contributed by atoms with van der Waals surface area (Å²) in [5.74, 6) is 0. The topological polar surface area (TPSA) is 34.1 Å².